The predicted octanol–water partition coefficient (Wildman–Crippen LogP) is 4.29. The van der Waals surface area contributed by atoms with Gasteiger partial charge >= 0.3 is 5.97 Å². The second-order valence-corrected chi connectivity index (χ2v) is 4.29. The maximum absolute atomic E-state index is 10.5. The van der Waals surface area contributed by atoms with Crippen LogP contribution in [0.15, 0.2) is 48.1 Å². The summed E-state index contributed by atoms with van der Waals surface area (Å²) in [7, 11) is 0. The van der Waals surface area contributed by atoms with Gasteiger partial charge in [0, 0.05) is 5.57 Å². The van der Waals surface area contributed by atoms with Gasteiger partial charge in [-0.1, -0.05) is 48.6 Å². The van der Waals surface area contributed by atoms with Crippen molar-refractivity contribution in [1.29, 1.82) is 0 Å². The van der Waals surface area contributed by atoms with Gasteiger partial charge in [0.15, 0.2) is 0 Å². The topological polar surface area (TPSA) is 37.3 Å². The van der Waals surface area contributed by atoms with Gasteiger partial charge in [-0.3, -0.25) is 0 Å². The standard InChI is InChI=1S/C16H20O2/c1-14(16(17)18)10-6-3-2-4-7-11-15-12-8-5-9-13-15/h5,7-13H,2-4,6H2,1H3,(H,17,18). The van der Waals surface area contributed by atoms with Crippen LogP contribution in [0.25, 0.3) is 6.08 Å². The zero-order valence-corrected chi connectivity index (χ0v) is 10.8. The van der Waals surface area contributed by atoms with Gasteiger partial charge in [-0.05, 0) is 38.2 Å². The Balaban J connectivity index is 2.14. The molecular formula is C16H20O2. The van der Waals surface area contributed by atoms with Crippen LogP contribution in [0, 0.1) is 0 Å². The van der Waals surface area contributed by atoms with Crippen molar-refractivity contribution in [3.63, 3.8) is 0 Å². The van der Waals surface area contributed by atoms with Crippen molar-refractivity contribution >= 4 is 12.0 Å². The largest absolute Gasteiger partial charge is 0.478 e. The molecule has 0 amide bonds. The first-order chi connectivity index (χ1) is 8.70. The summed E-state index contributed by atoms with van der Waals surface area (Å²) in [5, 5.41) is 8.67. The van der Waals surface area contributed by atoms with E-state index in [1.807, 2.05) is 18.2 Å². The van der Waals surface area contributed by atoms with E-state index in [1.54, 1.807) is 13.0 Å². The Kier molecular flexibility index (Phi) is 6.55. The minimum atomic E-state index is -0.820. The van der Waals surface area contributed by atoms with E-state index in [-0.39, 0.29) is 0 Å². The van der Waals surface area contributed by atoms with Crippen LogP contribution in [0.3, 0.4) is 0 Å². The van der Waals surface area contributed by atoms with Gasteiger partial charge < -0.3 is 5.11 Å². The molecule has 0 bridgehead atoms. The van der Waals surface area contributed by atoms with Gasteiger partial charge in [0.2, 0.25) is 0 Å². The molecule has 1 rings (SSSR count). The van der Waals surface area contributed by atoms with E-state index in [4.69, 9.17) is 5.11 Å². The molecule has 1 N–H and O–H groups in total. The SMILES string of the molecule is CC(=CCCCCC=Cc1ccccc1)C(=O)O. The molecule has 0 aromatic heterocycles. The van der Waals surface area contributed by atoms with Crippen LogP contribution in [0.1, 0.15) is 38.2 Å². The molecule has 0 aliphatic carbocycles. The van der Waals surface area contributed by atoms with E-state index >= 15 is 0 Å². The van der Waals surface area contributed by atoms with E-state index in [1.165, 1.54) is 5.56 Å². The molecule has 0 saturated heterocycles. The molecule has 0 spiro atoms. The lowest BCUT2D eigenvalue weighted by atomic mass is 10.1. The molecule has 0 aliphatic heterocycles. The minimum Gasteiger partial charge on any atom is -0.478 e. The van der Waals surface area contributed by atoms with Crippen LogP contribution in [-0.2, 0) is 4.79 Å². The molecule has 1 aromatic rings. The lowest BCUT2D eigenvalue weighted by Crippen LogP contribution is -1.95. The van der Waals surface area contributed by atoms with Gasteiger partial charge in [-0.25, -0.2) is 4.79 Å². The first-order valence-corrected chi connectivity index (χ1v) is 6.32. The lowest BCUT2D eigenvalue weighted by molar-refractivity contribution is -0.132. The van der Waals surface area contributed by atoms with Crippen LogP contribution in [0.5, 0.6) is 0 Å². The summed E-state index contributed by atoms with van der Waals surface area (Å²) in [5.74, 6) is -0.820. The Hall–Kier alpha value is -1.83. The molecule has 0 unspecified atom stereocenters. The van der Waals surface area contributed by atoms with Crippen LogP contribution >= 0.6 is 0 Å². The molecule has 1 aromatic carbocycles. The predicted molar refractivity (Wildman–Crippen MR) is 75.3 cm³/mol. The molecule has 2 nitrogen and oxygen atoms in total. The fourth-order valence-electron chi connectivity index (χ4n) is 1.60. The number of rotatable bonds is 7. The molecule has 0 fully saturated rings. The van der Waals surface area contributed by atoms with Crippen LogP contribution in [-0.4, -0.2) is 11.1 Å². The second kappa shape index (κ2) is 8.29. The highest BCUT2D eigenvalue weighted by Gasteiger charge is 1.97. The molecule has 0 heterocycles. The van der Waals surface area contributed by atoms with Gasteiger partial charge in [-0.15, -0.1) is 0 Å². The summed E-state index contributed by atoms with van der Waals surface area (Å²) < 4.78 is 0. The number of carboxylic acids is 1. The monoisotopic (exact) mass is 244 g/mol. The normalized spacial score (nSPS) is 11.9. The van der Waals surface area contributed by atoms with Crippen molar-refractivity contribution < 1.29 is 9.90 Å². The van der Waals surface area contributed by atoms with Gasteiger partial charge in [0.05, 0.1) is 0 Å². The van der Waals surface area contributed by atoms with Crippen molar-refractivity contribution in [3.05, 3.63) is 53.6 Å². The number of unbranched alkanes of at least 4 members (excludes halogenated alkanes) is 3. The highest BCUT2D eigenvalue weighted by atomic mass is 16.4. The number of benzene rings is 1. The van der Waals surface area contributed by atoms with Crippen molar-refractivity contribution in [1.82, 2.24) is 0 Å². The van der Waals surface area contributed by atoms with Crippen molar-refractivity contribution in [3.8, 4) is 0 Å². The Bertz CT molecular complexity index is 416. The van der Waals surface area contributed by atoms with Crippen LogP contribution < -0.4 is 0 Å². The Morgan fingerprint density at radius 3 is 2.50 bits per heavy atom. The third-order valence-corrected chi connectivity index (χ3v) is 2.72. The summed E-state index contributed by atoms with van der Waals surface area (Å²) in [6.07, 6.45) is 10.1. The number of hydrogen-bond acceptors (Lipinski definition) is 1. The van der Waals surface area contributed by atoms with Crippen LogP contribution in [0.2, 0.25) is 0 Å². The van der Waals surface area contributed by atoms with Crippen molar-refractivity contribution in [2.24, 2.45) is 0 Å². The van der Waals surface area contributed by atoms with E-state index in [2.05, 4.69) is 24.3 Å². The molecule has 96 valence electrons. The van der Waals surface area contributed by atoms with E-state index in [9.17, 15) is 4.79 Å². The molecule has 0 radical (unpaired) electrons. The van der Waals surface area contributed by atoms with Crippen LogP contribution in [0.4, 0.5) is 0 Å². The lowest BCUT2D eigenvalue weighted by Gasteiger charge is -1.96. The average molecular weight is 244 g/mol. The molecule has 18 heavy (non-hydrogen) atoms. The van der Waals surface area contributed by atoms with Gasteiger partial charge in [0.25, 0.3) is 0 Å². The molecule has 0 atom stereocenters. The number of carboxylic acid groups (broad SMARTS) is 1. The first-order valence-electron chi connectivity index (χ1n) is 6.32. The highest BCUT2D eigenvalue weighted by molar-refractivity contribution is 5.85. The zero-order chi connectivity index (χ0) is 13.2. The number of aliphatic carboxylic acids is 1. The fourth-order valence-corrected chi connectivity index (χ4v) is 1.60. The number of carbonyl (C=O) groups is 1. The molecule has 2 heteroatoms. The fraction of sp³-hybridized carbons (Fsp3) is 0.312. The summed E-state index contributed by atoms with van der Waals surface area (Å²) in [4.78, 5) is 10.5. The summed E-state index contributed by atoms with van der Waals surface area (Å²) >= 11 is 0. The van der Waals surface area contributed by atoms with E-state index < -0.39 is 5.97 Å². The summed E-state index contributed by atoms with van der Waals surface area (Å²) in [5.41, 5.74) is 1.66. The molecular weight excluding hydrogens is 224 g/mol. The maximum atomic E-state index is 10.5. The number of hydrogen-bond donors (Lipinski definition) is 1. The third-order valence-electron chi connectivity index (χ3n) is 2.72. The quantitative estimate of drug-likeness (QED) is 0.574. The smallest absolute Gasteiger partial charge is 0.330 e. The summed E-state index contributed by atoms with van der Waals surface area (Å²) in [6.45, 7) is 1.64. The second-order valence-electron chi connectivity index (χ2n) is 4.29. The van der Waals surface area contributed by atoms with E-state index in [0.717, 1.165) is 25.7 Å². The Morgan fingerprint density at radius 2 is 1.83 bits per heavy atom. The Morgan fingerprint density at radius 1 is 1.17 bits per heavy atom. The van der Waals surface area contributed by atoms with E-state index in [0.29, 0.717) is 5.57 Å². The maximum Gasteiger partial charge on any atom is 0.330 e. The molecule has 0 aliphatic rings. The van der Waals surface area contributed by atoms with Gasteiger partial charge in [0.1, 0.15) is 0 Å². The Labute approximate surface area is 109 Å². The zero-order valence-electron chi connectivity index (χ0n) is 10.8. The highest BCUT2D eigenvalue weighted by Crippen LogP contribution is 2.07. The van der Waals surface area contributed by atoms with Gasteiger partial charge in [-0.2, -0.15) is 0 Å². The summed E-state index contributed by atoms with van der Waals surface area (Å²) in [6, 6.07) is 10.2. The third kappa shape index (κ3) is 6.04. The van der Waals surface area contributed by atoms with Crippen molar-refractivity contribution in [2.75, 3.05) is 0 Å². The van der Waals surface area contributed by atoms with Crippen molar-refractivity contribution in [2.45, 2.75) is 32.6 Å². The first kappa shape index (κ1) is 14.2. The number of allylic oxidation sites excluding steroid dienone is 2. The molecule has 0 saturated carbocycles. The minimum absolute atomic E-state index is 0.440. The average Bonchev–Trinajstić information content (AvgIpc) is 2.38.